The van der Waals surface area contributed by atoms with E-state index in [0.29, 0.717) is 36.4 Å². The van der Waals surface area contributed by atoms with E-state index >= 15 is 0 Å². The summed E-state index contributed by atoms with van der Waals surface area (Å²) in [7, 11) is 0. The number of aromatic nitrogens is 1. The summed E-state index contributed by atoms with van der Waals surface area (Å²) in [5.74, 6) is -0.783. The van der Waals surface area contributed by atoms with Gasteiger partial charge in [0.2, 0.25) is 0 Å². The minimum Gasteiger partial charge on any atom is -0.406 e. The minimum absolute atomic E-state index is 0.0658. The topological polar surface area (TPSA) is 74.8 Å². The average molecular weight is 519 g/mol. The van der Waals surface area contributed by atoms with Gasteiger partial charge in [0.1, 0.15) is 10.9 Å². The number of halogens is 4. The number of carbonyl (C=O) groups excluding carboxylic acids is 2. The van der Waals surface area contributed by atoms with Crippen molar-refractivity contribution < 1.29 is 27.5 Å². The van der Waals surface area contributed by atoms with Crippen LogP contribution in [0, 0.1) is 6.92 Å². The first-order chi connectivity index (χ1) is 17.1. The van der Waals surface area contributed by atoms with E-state index in [0.717, 1.165) is 5.56 Å². The van der Waals surface area contributed by atoms with Crippen molar-refractivity contribution in [1.82, 2.24) is 9.88 Å². The molecule has 0 atom stereocenters. The molecule has 1 N–H and O–H groups in total. The zero-order valence-electron chi connectivity index (χ0n) is 19.2. The van der Waals surface area contributed by atoms with Gasteiger partial charge in [0.25, 0.3) is 5.91 Å². The van der Waals surface area contributed by atoms with E-state index in [-0.39, 0.29) is 29.0 Å². The quantitative estimate of drug-likeness (QED) is 0.404. The van der Waals surface area contributed by atoms with Gasteiger partial charge >= 0.3 is 12.4 Å². The van der Waals surface area contributed by atoms with E-state index in [2.05, 4.69) is 15.0 Å². The van der Waals surface area contributed by atoms with Crippen molar-refractivity contribution in [1.29, 1.82) is 0 Å². The summed E-state index contributed by atoms with van der Waals surface area (Å²) in [5, 5.41) is 2.90. The molecule has 0 radical (unpaired) electrons. The van der Waals surface area contributed by atoms with Crippen LogP contribution in [0.15, 0.2) is 60.8 Å². The second-order valence-corrected chi connectivity index (χ2v) is 8.58. The van der Waals surface area contributed by atoms with Gasteiger partial charge < -0.3 is 15.0 Å². The molecular formula is C25H22ClF3N4O3. The molecule has 0 saturated carbocycles. The lowest BCUT2D eigenvalue weighted by Gasteiger charge is -2.36. The number of alkyl halides is 3. The third kappa shape index (κ3) is 6.06. The highest BCUT2D eigenvalue weighted by Gasteiger charge is 2.31. The average Bonchev–Trinajstić information content (AvgIpc) is 2.81. The van der Waals surface area contributed by atoms with Gasteiger partial charge in [-0.25, -0.2) is 9.78 Å². The van der Waals surface area contributed by atoms with Crippen molar-refractivity contribution in [2.45, 2.75) is 26.3 Å². The lowest BCUT2D eigenvalue weighted by atomic mass is 10.1. The Morgan fingerprint density at radius 2 is 1.89 bits per heavy atom. The number of nitrogens with one attached hydrogen (secondary N) is 1. The SMILES string of the molecule is Cc1ccc(N2CCCN(Cc3ccc(OC(F)(F)F)cc3)C2=O)c(NC(=O)c2cccnc2Cl)c1. The number of urea groups is 1. The number of nitrogens with zero attached hydrogens (tertiary/aromatic N) is 3. The Bertz CT molecular complexity index is 1270. The molecule has 188 valence electrons. The molecule has 1 fully saturated rings. The van der Waals surface area contributed by atoms with Gasteiger partial charge in [0.15, 0.2) is 0 Å². The molecule has 2 heterocycles. The van der Waals surface area contributed by atoms with Crippen molar-refractivity contribution in [3.8, 4) is 5.75 Å². The first-order valence-corrected chi connectivity index (χ1v) is 11.4. The van der Waals surface area contributed by atoms with Crippen LogP contribution in [0.25, 0.3) is 0 Å². The molecule has 1 aliphatic rings. The number of hydrogen-bond acceptors (Lipinski definition) is 4. The Morgan fingerprint density at radius 1 is 1.14 bits per heavy atom. The first-order valence-electron chi connectivity index (χ1n) is 11.0. The molecular weight excluding hydrogens is 497 g/mol. The van der Waals surface area contributed by atoms with Gasteiger partial charge in [0, 0.05) is 25.8 Å². The largest absolute Gasteiger partial charge is 0.573 e. The fourth-order valence-corrected chi connectivity index (χ4v) is 4.10. The number of pyridine rings is 1. The molecule has 1 aromatic heterocycles. The summed E-state index contributed by atoms with van der Waals surface area (Å²) in [5.41, 5.74) is 2.72. The lowest BCUT2D eigenvalue weighted by molar-refractivity contribution is -0.274. The molecule has 1 aliphatic heterocycles. The smallest absolute Gasteiger partial charge is 0.406 e. The number of rotatable bonds is 6. The molecule has 0 unspecified atom stereocenters. The summed E-state index contributed by atoms with van der Waals surface area (Å²) in [6.45, 7) is 3.00. The van der Waals surface area contributed by atoms with Gasteiger partial charge in [-0.15, -0.1) is 13.2 Å². The number of anilines is 2. The Kier molecular flexibility index (Phi) is 7.35. The van der Waals surface area contributed by atoms with Gasteiger partial charge in [-0.1, -0.05) is 29.8 Å². The predicted octanol–water partition coefficient (Wildman–Crippen LogP) is 6.03. The van der Waals surface area contributed by atoms with E-state index in [4.69, 9.17) is 11.6 Å². The summed E-state index contributed by atoms with van der Waals surface area (Å²) < 4.78 is 41.1. The lowest BCUT2D eigenvalue weighted by Crippen LogP contribution is -2.49. The molecule has 36 heavy (non-hydrogen) atoms. The minimum atomic E-state index is -4.77. The Labute approximate surface area is 210 Å². The van der Waals surface area contributed by atoms with Crippen molar-refractivity contribution in [2.24, 2.45) is 0 Å². The Hall–Kier alpha value is -3.79. The molecule has 3 aromatic rings. The van der Waals surface area contributed by atoms with E-state index in [1.165, 1.54) is 30.5 Å². The standard InChI is InChI=1S/C25H22ClF3N4O3/c1-16-5-10-21(20(14-16)31-23(34)19-4-2-11-30-22(19)26)33-13-3-12-32(24(33)35)15-17-6-8-18(9-7-17)36-25(27,28)29/h2,4-11,14H,3,12-13,15H2,1H3,(H,31,34). The van der Waals surface area contributed by atoms with Crippen molar-refractivity contribution in [2.75, 3.05) is 23.3 Å². The van der Waals surface area contributed by atoms with E-state index in [9.17, 15) is 22.8 Å². The van der Waals surface area contributed by atoms with E-state index in [1.807, 2.05) is 13.0 Å². The zero-order valence-corrected chi connectivity index (χ0v) is 19.9. The highest BCUT2D eigenvalue weighted by molar-refractivity contribution is 6.33. The Balaban J connectivity index is 1.52. The highest BCUT2D eigenvalue weighted by Crippen LogP contribution is 2.31. The summed E-state index contributed by atoms with van der Waals surface area (Å²) in [4.78, 5) is 33.3. The molecule has 0 bridgehead atoms. The van der Waals surface area contributed by atoms with Crippen LogP contribution in [-0.2, 0) is 6.54 Å². The molecule has 1 saturated heterocycles. The van der Waals surface area contributed by atoms with Crippen LogP contribution in [0.4, 0.5) is 29.3 Å². The maximum absolute atomic E-state index is 13.4. The molecule has 2 aromatic carbocycles. The van der Waals surface area contributed by atoms with Crippen molar-refractivity contribution in [3.63, 3.8) is 0 Å². The number of aryl methyl sites for hydroxylation is 1. The third-order valence-electron chi connectivity index (χ3n) is 5.54. The summed E-state index contributed by atoms with van der Waals surface area (Å²) >= 11 is 6.06. The maximum atomic E-state index is 13.4. The third-order valence-corrected chi connectivity index (χ3v) is 5.84. The number of amides is 3. The maximum Gasteiger partial charge on any atom is 0.573 e. The second kappa shape index (κ2) is 10.4. The molecule has 3 amide bonds. The monoisotopic (exact) mass is 518 g/mol. The highest BCUT2D eigenvalue weighted by atomic mass is 35.5. The van der Waals surface area contributed by atoms with Gasteiger partial charge in [-0.2, -0.15) is 0 Å². The van der Waals surface area contributed by atoms with Crippen LogP contribution < -0.4 is 15.0 Å². The summed E-state index contributed by atoms with van der Waals surface area (Å²) in [6, 6.07) is 13.7. The normalized spacial score (nSPS) is 14.1. The fraction of sp³-hybridized carbons (Fsp3) is 0.240. The number of ether oxygens (including phenoxy) is 1. The van der Waals surface area contributed by atoms with Gasteiger partial charge in [0.05, 0.1) is 16.9 Å². The zero-order chi connectivity index (χ0) is 25.9. The molecule has 7 nitrogen and oxygen atoms in total. The number of benzene rings is 2. The van der Waals surface area contributed by atoms with Gasteiger partial charge in [-0.3, -0.25) is 9.69 Å². The van der Waals surface area contributed by atoms with Gasteiger partial charge in [-0.05, 0) is 60.9 Å². The molecule has 0 spiro atoms. The fourth-order valence-electron chi connectivity index (χ4n) is 3.90. The molecule has 0 aliphatic carbocycles. The first kappa shape index (κ1) is 25.3. The second-order valence-electron chi connectivity index (χ2n) is 8.22. The van der Waals surface area contributed by atoms with Crippen LogP contribution in [-0.4, -0.2) is 41.3 Å². The van der Waals surface area contributed by atoms with Crippen LogP contribution in [0.3, 0.4) is 0 Å². The molecule has 4 rings (SSSR count). The number of carbonyl (C=O) groups is 2. The summed E-state index contributed by atoms with van der Waals surface area (Å²) in [6.07, 6.45) is -2.62. The van der Waals surface area contributed by atoms with Crippen LogP contribution >= 0.6 is 11.6 Å². The van der Waals surface area contributed by atoms with E-state index in [1.54, 1.807) is 34.1 Å². The van der Waals surface area contributed by atoms with Crippen LogP contribution in [0.2, 0.25) is 5.15 Å². The van der Waals surface area contributed by atoms with Crippen LogP contribution in [0.1, 0.15) is 27.9 Å². The van der Waals surface area contributed by atoms with E-state index < -0.39 is 12.3 Å². The van der Waals surface area contributed by atoms with Crippen molar-refractivity contribution >= 4 is 34.9 Å². The van der Waals surface area contributed by atoms with Crippen molar-refractivity contribution in [3.05, 3.63) is 82.6 Å². The number of hydrogen-bond donors (Lipinski definition) is 1. The molecule has 11 heteroatoms. The Morgan fingerprint density at radius 3 is 2.58 bits per heavy atom. The predicted molar refractivity (Wildman–Crippen MR) is 129 cm³/mol. The van der Waals surface area contributed by atoms with Crippen LogP contribution in [0.5, 0.6) is 5.75 Å².